The van der Waals surface area contributed by atoms with Gasteiger partial charge in [0.15, 0.2) is 0 Å². The zero-order chi connectivity index (χ0) is 12.3. The molecule has 17 heavy (non-hydrogen) atoms. The van der Waals surface area contributed by atoms with Crippen molar-refractivity contribution in [1.29, 1.82) is 0 Å². The second-order valence-corrected chi connectivity index (χ2v) is 4.52. The maximum absolute atomic E-state index is 5.93. The van der Waals surface area contributed by atoms with E-state index in [1.807, 2.05) is 12.1 Å². The Morgan fingerprint density at radius 3 is 2.59 bits per heavy atom. The number of nitrogen functional groups attached to an aromatic ring is 1. The summed E-state index contributed by atoms with van der Waals surface area (Å²) in [5.74, 6) is 1.53. The predicted octanol–water partition coefficient (Wildman–Crippen LogP) is 1.75. The quantitative estimate of drug-likeness (QED) is 0.812. The van der Waals surface area contributed by atoms with Crippen molar-refractivity contribution in [3.05, 3.63) is 18.2 Å². The lowest BCUT2D eigenvalue weighted by Crippen LogP contribution is -2.35. The van der Waals surface area contributed by atoms with Crippen molar-refractivity contribution < 1.29 is 9.47 Å². The summed E-state index contributed by atoms with van der Waals surface area (Å²) in [4.78, 5) is 2.32. The smallest absolute Gasteiger partial charge is 0.142 e. The molecule has 0 aliphatic carbocycles. The topological polar surface area (TPSA) is 47.7 Å². The first kappa shape index (κ1) is 12.0. The van der Waals surface area contributed by atoms with Crippen molar-refractivity contribution in [3.63, 3.8) is 0 Å². The van der Waals surface area contributed by atoms with Crippen molar-refractivity contribution in [2.45, 2.75) is 18.9 Å². The lowest BCUT2D eigenvalue weighted by Gasteiger charge is -2.29. The van der Waals surface area contributed by atoms with E-state index in [-0.39, 0.29) is 6.10 Å². The number of anilines is 1. The first-order chi connectivity index (χ1) is 8.19. The number of nitrogens with zero attached hydrogens (tertiary/aromatic N) is 1. The molecule has 1 heterocycles. The molecule has 0 radical (unpaired) electrons. The van der Waals surface area contributed by atoms with Gasteiger partial charge >= 0.3 is 0 Å². The van der Waals surface area contributed by atoms with E-state index in [4.69, 9.17) is 15.2 Å². The van der Waals surface area contributed by atoms with Gasteiger partial charge in [-0.2, -0.15) is 0 Å². The second kappa shape index (κ2) is 5.27. The number of rotatable bonds is 3. The van der Waals surface area contributed by atoms with Gasteiger partial charge < -0.3 is 20.1 Å². The van der Waals surface area contributed by atoms with Crippen LogP contribution in [0.2, 0.25) is 0 Å². The van der Waals surface area contributed by atoms with E-state index in [0.29, 0.717) is 5.69 Å². The van der Waals surface area contributed by atoms with Gasteiger partial charge in [-0.05, 0) is 32.0 Å². The minimum absolute atomic E-state index is 0.280. The number of nitrogens with two attached hydrogens (primary N) is 1. The monoisotopic (exact) mass is 236 g/mol. The molecule has 1 aliphatic rings. The number of likely N-dealkylation sites (tertiary alicyclic amines) is 1. The Hall–Kier alpha value is -1.42. The molecule has 0 amide bonds. The maximum Gasteiger partial charge on any atom is 0.142 e. The van der Waals surface area contributed by atoms with E-state index in [0.717, 1.165) is 37.4 Å². The van der Waals surface area contributed by atoms with Gasteiger partial charge in [0.05, 0.1) is 12.8 Å². The van der Waals surface area contributed by atoms with Crippen molar-refractivity contribution >= 4 is 5.69 Å². The molecule has 0 bridgehead atoms. The summed E-state index contributed by atoms with van der Waals surface area (Å²) < 4.78 is 11.0. The zero-order valence-corrected chi connectivity index (χ0v) is 10.5. The number of benzene rings is 1. The molecule has 0 spiro atoms. The summed E-state index contributed by atoms with van der Waals surface area (Å²) in [6.45, 7) is 2.17. The van der Waals surface area contributed by atoms with E-state index in [1.54, 1.807) is 13.2 Å². The van der Waals surface area contributed by atoms with Crippen molar-refractivity contribution in [1.82, 2.24) is 4.90 Å². The summed E-state index contributed by atoms with van der Waals surface area (Å²) in [6.07, 6.45) is 2.39. The van der Waals surface area contributed by atoms with Crippen LogP contribution in [-0.4, -0.2) is 38.3 Å². The number of piperidine rings is 1. The molecular weight excluding hydrogens is 216 g/mol. The Morgan fingerprint density at radius 1 is 1.29 bits per heavy atom. The van der Waals surface area contributed by atoms with Gasteiger partial charge in [0.2, 0.25) is 0 Å². The van der Waals surface area contributed by atoms with Crippen LogP contribution in [0.15, 0.2) is 18.2 Å². The maximum atomic E-state index is 5.93. The van der Waals surface area contributed by atoms with Crippen LogP contribution in [0.5, 0.6) is 11.5 Å². The highest BCUT2D eigenvalue weighted by Crippen LogP contribution is 2.28. The molecule has 4 nitrogen and oxygen atoms in total. The number of methoxy groups -OCH3 is 1. The fraction of sp³-hybridized carbons (Fsp3) is 0.538. The van der Waals surface area contributed by atoms with Gasteiger partial charge in [0, 0.05) is 19.2 Å². The van der Waals surface area contributed by atoms with E-state index in [1.165, 1.54) is 0 Å². The highest BCUT2D eigenvalue weighted by molar-refractivity contribution is 5.56. The lowest BCUT2D eigenvalue weighted by atomic mass is 10.1. The molecule has 2 N–H and O–H groups in total. The SMILES string of the molecule is COc1ccc(OC2CCN(C)CC2)c(N)c1. The standard InChI is InChI=1S/C13H20N2O2/c1-15-7-5-10(6-8-15)17-13-4-3-11(16-2)9-12(13)14/h3-4,9-10H,5-8,14H2,1-2H3. The number of hydrogen-bond donors (Lipinski definition) is 1. The first-order valence-corrected chi connectivity index (χ1v) is 5.98. The van der Waals surface area contributed by atoms with Gasteiger partial charge in [0.25, 0.3) is 0 Å². The molecule has 1 saturated heterocycles. The molecule has 1 aromatic rings. The van der Waals surface area contributed by atoms with Crippen LogP contribution in [0.1, 0.15) is 12.8 Å². The second-order valence-electron chi connectivity index (χ2n) is 4.52. The number of hydrogen-bond acceptors (Lipinski definition) is 4. The highest BCUT2D eigenvalue weighted by atomic mass is 16.5. The predicted molar refractivity (Wildman–Crippen MR) is 68.6 cm³/mol. The lowest BCUT2D eigenvalue weighted by molar-refractivity contribution is 0.115. The normalized spacial score (nSPS) is 18.0. The Balaban J connectivity index is 1.99. The van der Waals surface area contributed by atoms with Gasteiger partial charge in [-0.1, -0.05) is 0 Å². The van der Waals surface area contributed by atoms with Crippen LogP contribution in [0.25, 0.3) is 0 Å². The van der Waals surface area contributed by atoms with Crippen LogP contribution in [0.3, 0.4) is 0 Å². The van der Waals surface area contributed by atoms with Crippen LogP contribution in [0.4, 0.5) is 5.69 Å². The summed E-state index contributed by atoms with van der Waals surface area (Å²) in [5.41, 5.74) is 6.57. The molecule has 0 atom stereocenters. The molecule has 94 valence electrons. The largest absolute Gasteiger partial charge is 0.497 e. The fourth-order valence-corrected chi connectivity index (χ4v) is 2.04. The zero-order valence-electron chi connectivity index (χ0n) is 10.5. The summed E-state index contributed by atoms with van der Waals surface area (Å²) in [5, 5.41) is 0. The molecule has 2 rings (SSSR count). The van der Waals surface area contributed by atoms with Gasteiger partial charge in [0.1, 0.15) is 17.6 Å². The van der Waals surface area contributed by atoms with E-state index >= 15 is 0 Å². The Morgan fingerprint density at radius 2 is 2.00 bits per heavy atom. The molecule has 1 fully saturated rings. The van der Waals surface area contributed by atoms with Crippen LogP contribution in [-0.2, 0) is 0 Å². The summed E-state index contributed by atoms with van der Waals surface area (Å²) >= 11 is 0. The molecule has 0 unspecified atom stereocenters. The molecule has 0 aromatic heterocycles. The first-order valence-electron chi connectivity index (χ1n) is 5.98. The van der Waals surface area contributed by atoms with Gasteiger partial charge in [-0.15, -0.1) is 0 Å². The van der Waals surface area contributed by atoms with Crippen LogP contribution >= 0.6 is 0 Å². The van der Waals surface area contributed by atoms with Crippen molar-refractivity contribution in [2.75, 3.05) is 33.0 Å². The molecular formula is C13H20N2O2. The van der Waals surface area contributed by atoms with Crippen molar-refractivity contribution in [3.8, 4) is 11.5 Å². The Labute approximate surface area is 102 Å². The Kier molecular flexibility index (Phi) is 3.74. The molecule has 0 saturated carbocycles. The number of ether oxygens (including phenoxy) is 2. The van der Waals surface area contributed by atoms with Crippen molar-refractivity contribution in [2.24, 2.45) is 0 Å². The average molecular weight is 236 g/mol. The van der Waals surface area contributed by atoms with Crippen LogP contribution in [0, 0.1) is 0 Å². The average Bonchev–Trinajstić information content (AvgIpc) is 2.34. The molecule has 1 aliphatic heterocycles. The van der Waals surface area contributed by atoms with Gasteiger partial charge in [-0.25, -0.2) is 0 Å². The summed E-state index contributed by atoms with van der Waals surface area (Å²) in [7, 11) is 3.77. The molecule has 4 heteroatoms. The Bertz CT molecular complexity index is 374. The minimum Gasteiger partial charge on any atom is -0.497 e. The van der Waals surface area contributed by atoms with E-state index in [2.05, 4.69) is 11.9 Å². The van der Waals surface area contributed by atoms with Gasteiger partial charge in [-0.3, -0.25) is 0 Å². The minimum atomic E-state index is 0.280. The third-order valence-corrected chi connectivity index (χ3v) is 3.18. The fourth-order valence-electron chi connectivity index (χ4n) is 2.04. The van der Waals surface area contributed by atoms with Crippen LogP contribution < -0.4 is 15.2 Å². The molecule has 1 aromatic carbocycles. The highest BCUT2D eigenvalue weighted by Gasteiger charge is 2.18. The van der Waals surface area contributed by atoms with E-state index in [9.17, 15) is 0 Å². The third kappa shape index (κ3) is 3.03. The summed E-state index contributed by atoms with van der Waals surface area (Å²) in [6, 6.07) is 5.55. The van der Waals surface area contributed by atoms with E-state index < -0.39 is 0 Å². The third-order valence-electron chi connectivity index (χ3n) is 3.18.